The molecule has 4 aromatic rings. The number of hydrogen-bond donors (Lipinski definition) is 3. The molecule has 4 rings (SSSR count). The topological polar surface area (TPSA) is 60.3 Å². The van der Waals surface area contributed by atoms with E-state index >= 15 is 0 Å². The largest absolute Gasteiger partial charge is 0.345 e. The van der Waals surface area contributed by atoms with Crippen molar-refractivity contribution in [2.75, 3.05) is 0 Å². The van der Waals surface area contributed by atoms with Gasteiger partial charge >= 0.3 is 0 Å². The lowest BCUT2D eigenvalue weighted by molar-refractivity contribution is 1.30. The van der Waals surface area contributed by atoms with Gasteiger partial charge in [0, 0.05) is 0 Å². The molecule has 0 amide bonds. The summed E-state index contributed by atoms with van der Waals surface area (Å²) in [7, 11) is 0. The van der Waals surface area contributed by atoms with Gasteiger partial charge in [0.15, 0.2) is 4.77 Å². The molecule has 0 aliphatic rings. The highest BCUT2D eigenvalue weighted by Crippen LogP contribution is 2.07. The second kappa shape index (κ2) is 5.07. The Morgan fingerprint density at radius 3 is 2.00 bits per heavy atom. The van der Waals surface area contributed by atoms with E-state index < -0.39 is 0 Å². The summed E-state index contributed by atoms with van der Waals surface area (Å²) in [6.07, 6.45) is 1.70. The fourth-order valence-corrected chi connectivity index (χ4v) is 2.08. The van der Waals surface area contributed by atoms with Crippen LogP contribution in [0.25, 0.3) is 22.1 Å². The molecular weight excluding hydrogens is 256 g/mol. The Hall–Kier alpha value is -2.40. The highest BCUT2D eigenvalue weighted by Gasteiger charge is 1.90. The van der Waals surface area contributed by atoms with Gasteiger partial charge in [0.1, 0.15) is 0 Å². The van der Waals surface area contributed by atoms with Crippen molar-refractivity contribution >= 4 is 34.3 Å². The van der Waals surface area contributed by atoms with E-state index in [1.807, 2.05) is 48.5 Å². The van der Waals surface area contributed by atoms with E-state index in [1.54, 1.807) is 6.33 Å². The molecule has 0 fully saturated rings. The van der Waals surface area contributed by atoms with E-state index in [0.717, 1.165) is 22.1 Å². The molecule has 0 spiro atoms. The first-order valence-corrected chi connectivity index (χ1v) is 6.29. The number of fused-ring (bicyclic) bond motifs is 2. The van der Waals surface area contributed by atoms with E-state index in [-0.39, 0.29) is 0 Å². The lowest BCUT2D eigenvalue weighted by atomic mass is 10.3. The molecule has 0 unspecified atom stereocenters. The fraction of sp³-hybridized carbons (Fsp3) is 0. The lowest BCUT2D eigenvalue weighted by Gasteiger charge is -1.82. The predicted molar refractivity (Wildman–Crippen MR) is 79.6 cm³/mol. The van der Waals surface area contributed by atoms with Gasteiger partial charge in [-0.3, -0.25) is 0 Å². The van der Waals surface area contributed by atoms with Gasteiger partial charge in [0.05, 0.1) is 28.4 Å². The minimum Gasteiger partial charge on any atom is -0.345 e. The average molecular weight is 268 g/mol. The molecule has 19 heavy (non-hydrogen) atoms. The fourth-order valence-electron chi connectivity index (χ4n) is 1.86. The van der Waals surface area contributed by atoms with Gasteiger partial charge in [-0.25, -0.2) is 4.98 Å². The van der Waals surface area contributed by atoms with Crippen LogP contribution in [0.1, 0.15) is 0 Å². The van der Waals surface area contributed by atoms with Crippen LogP contribution in [0.2, 0.25) is 0 Å². The summed E-state index contributed by atoms with van der Waals surface area (Å²) in [6, 6.07) is 15.9. The summed E-state index contributed by atoms with van der Waals surface area (Å²) in [5.41, 5.74) is 4.25. The van der Waals surface area contributed by atoms with Gasteiger partial charge in [0.2, 0.25) is 0 Å². The Balaban J connectivity index is 0.000000117. The molecule has 5 heteroatoms. The van der Waals surface area contributed by atoms with Crippen LogP contribution in [0.4, 0.5) is 0 Å². The first-order chi connectivity index (χ1) is 9.33. The number of aromatic nitrogens is 4. The van der Waals surface area contributed by atoms with E-state index in [4.69, 9.17) is 12.2 Å². The summed E-state index contributed by atoms with van der Waals surface area (Å²) >= 11 is 4.90. The van der Waals surface area contributed by atoms with Crippen LogP contribution in [0.5, 0.6) is 0 Å². The number of H-pyrrole nitrogens is 3. The monoisotopic (exact) mass is 268 g/mol. The Kier molecular flexibility index (Phi) is 3.12. The van der Waals surface area contributed by atoms with Crippen LogP contribution in [-0.2, 0) is 0 Å². The van der Waals surface area contributed by atoms with E-state index in [0.29, 0.717) is 4.77 Å². The maximum Gasteiger partial charge on any atom is 0.175 e. The Morgan fingerprint density at radius 2 is 1.37 bits per heavy atom. The van der Waals surface area contributed by atoms with Gasteiger partial charge in [-0.05, 0) is 36.5 Å². The van der Waals surface area contributed by atoms with Crippen molar-refractivity contribution in [1.82, 2.24) is 19.9 Å². The lowest BCUT2D eigenvalue weighted by Crippen LogP contribution is -1.63. The van der Waals surface area contributed by atoms with Gasteiger partial charge in [-0.15, -0.1) is 0 Å². The first-order valence-electron chi connectivity index (χ1n) is 5.88. The van der Waals surface area contributed by atoms with Crippen LogP contribution >= 0.6 is 12.2 Å². The van der Waals surface area contributed by atoms with Gasteiger partial charge in [-0.1, -0.05) is 24.3 Å². The highest BCUT2D eigenvalue weighted by molar-refractivity contribution is 7.71. The van der Waals surface area contributed by atoms with E-state index in [2.05, 4.69) is 19.9 Å². The minimum absolute atomic E-state index is 0.682. The minimum atomic E-state index is 0.682. The molecule has 3 N–H and O–H groups in total. The van der Waals surface area contributed by atoms with Crippen molar-refractivity contribution in [3.8, 4) is 0 Å². The number of nitrogens with zero attached hydrogens (tertiary/aromatic N) is 1. The van der Waals surface area contributed by atoms with Crippen molar-refractivity contribution < 1.29 is 0 Å². The molecule has 94 valence electrons. The van der Waals surface area contributed by atoms with Gasteiger partial charge in [0.25, 0.3) is 0 Å². The molecule has 2 heterocycles. The quantitative estimate of drug-likeness (QED) is 0.425. The van der Waals surface area contributed by atoms with Gasteiger partial charge in [-0.2, -0.15) is 0 Å². The van der Waals surface area contributed by atoms with Crippen LogP contribution in [0.3, 0.4) is 0 Å². The third-order valence-electron chi connectivity index (χ3n) is 2.75. The summed E-state index contributed by atoms with van der Waals surface area (Å²) in [5.74, 6) is 0. The molecule has 4 nitrogen and oxygen atoms in total. The molecule has 0 saturated heterocycles. The number of nitrogens with one attached hydrogen (secondary N) is 3. The third-order valence-corrected chi connectivity index (χ3v) is 2.96. The van der Waals surface area contributed by atoms with Crippen LogP contribution < -0.4 is 0 Å². The second-order valence-electron chi connectivity index (χ2n) is 4.04. The Morgan fingerprint density at radius 1 is 0.789 bits per heavy atom. The second-order valence-corrected chi connectivity index (χ2v) is 4.45. The SMILES string of the molecule is S=c1[nH]c2ccccc2[nH]1.c1ccc2[nH]cnc2c1. The molecule has 0 aliphatic carbocycles. The molecule has 0 atom stereocenters. The van der Waals surface area contributed by atoms with Crippen LogP contribution in [-0.4, -0.2) is 19.9 Å². The number of hydrogen-bond acceptors (Lipinski definition) is 2. The number of para-hydroxylation sites is 4. The number of rotatable bonds is 0. The summed E-state index contributed by atoms with van der Waals surface area (Å²) in [5, 5.41) is 0. The van der Waals surface area contributed by atoms with Crippen molar-refractivity contribution in [2.45, 2.75) is 0 Å². The zero-order valence-corrected chi connectivity index (χ0v) is 10.9. The third kappa shape index (κ3) is 2.56. The number of benzene rings is 2. The summed E-state index contributed by atoms with van der Waals surface area (Å²) in [4.78, 5) is 13.1. The molecule has 0 aliphatic heterocycles. The van der Waals surface area contributed by atoms with Crippen LogP contribution in [0, 0.1) is 4.77 Å². The van der Waals surface area contributed by atoms with Crippen molar-refractivity contribution in [3.63, 3.8) is 0 Å². The zero-order chi connectivity index (χ0) is 13.1. The van der Waals surface area contributed by atoms with Crippen molar-refractivity contribution in [3.05, 3.63) is 59.6 Å². The first kappa shape index (κ1) is 11.7. The molecule has 2 aromatic carbocycles. The molecular formula is C14H12N4S. The van der Waals surface area contributed by atoms with Crippen molar-refractivity contribution in [2.24, 2.45) is 0 Å². The molecule has 0 bridgehead atoms. The molecule has 2 aromatic heterocycles. The summed E-state index contributed by atoms with van der Waals surface area (Å²) in [6.45, 7) is 0. The molecule has 0 radical (unpaired) electrons. The predicted octanol–water partition coefficient (Wildman–Crippen LogP) is 3.79. The van der Waals surface area contributed by atoms with Crippen molar-refractivity contribution in [1.29, 1.82) is 0 Å². The highest BCUT2D eigenvalue weighted by atomic mass is 32.1. The van der Waals surface area contributed by atoms with Gasteiger partial charge < -0.3 is 15.0 Å². The maximum absolute atomic E-state index is 4.90. The van der Waals surface area contributed by atoms with Crippen LogP contribution in [0.15, 0.2) is 54.9 Å². The average Bonchev–Trinajstić information content (AvgIpc) is 3.03. The zero-order valence-electron chi connectivity index (χ0n) is 10.1. The van der Waals surface area contributed by atoms with E-state index in [9.17, 15) is 0 Å². The number of aromatic amines is 3. The Bertz CT molecular complexity index is 790. The maximum atomic E-state index is 4.90. The molecule has 0 saturated carbocycles. The standard InChI is InChI=1S/C7H6N2S.C7H6N2/c10-7-8-5-3-1-2-4-6(5)9-7;1-2-4-7-6(3-1)8-5-9-7/h1-4H,(H2,8,9,10);1-5H,(H,8,9). The summed E-state index contributed by atoms with van der Waals surface area (Å²) < 4.78 is 0.682. The van der Waals surface area contributed by atoms with E-state index in [1.165, 1.54) is 0 Å². The Labute approximate surface area is 114 Å². The normalized spacial score (nSPS) is 10.3. The number of imidazole rings is 2. The smallest absolute Gasteiger partial charge is 0.175 e.